The van der Waals surface area contributed by atoms with Gasteiger partial charge in [0, 0.05) is 13.1 Å². The lowest BCUT2D eigenvalue weighted by Gasteiger charge is -2.30. The van der Waals surface area contributed by atoms with Gasteiger partial charge in [0.1, 0.15) is 0 Å². The first-order valence-corrected chi connectivity index (χ1v) is 9.79. The van der Waals surface area contributed by atoms with Crippen molar-refractivity contribution in [3.63, 3.8) is 0 Å². The molecule has 1 aliphatic heterocycles. The van der Waals surface area contributed by atoms with Crippen LogP contribution in [0.2, 0.25) is 0 Å². The molecular weight excluding hydrogens is 338 g/mol. The van der Waals surface area contributed by atoms with Crippen molar-refractivity contribution in [3.8, 4) is 0 Å². The van der Waals surface area contributed by atoms with E-state index < -0.39 is 15.8 Å². The van der Waals surface area contributed by atoms with Crippen molar-refractivity contribution in [2.24, 2.45) is 5.92 Å². The van der Waals surface area contributed by atoms with Gasteiger partial charge in [0.25, 0.3) is 0 Å². The Morgan fingerprint density at radius 2 is 1.68 bits per heavy atom. The number of hydrogen-bond donors (Lipinski definition) is 1. The van der Waals surface area contributed by atoms with Crippen LogP contribution in [0.5, 0.6) is 0 Å². The van der Waals surface area contributed by atoms with Gasteiger partial charge in [-0.1, -0.05) is 30.3 Å². The zero-order chi connectivity index (χ0) is 17.9. The van der Waals surface area contributed by atoms with Crippen molar-refractivity contribution >= 4 is 15.8 Å². The highest BCUT2D eigenvalue weighted by atomic mass is 32.2. The van der Waals surface area contributed by atoms with Crippen LogP contribution in [0, 0.1) is 5.92 Å². The molecule has 0 spiro atoms. The van der Waals surface area contributed by atoms with E-state index in [1.807, 2.05) is 0 Å². The van der Waals surface area contributed by atoms with E-state index in [4.69, 9.17) is 5.11 Å². The summed E-state index contributed by atoms with van der Waals surface area (Å²) in [6, 6.07) is 15.2. The van der Waals surface area contributed by atoms with Crippen molar-refractivity contribution in [3.05, 3.63) is 60.2 Å². The Hall–Kier alpha value is -2.18. The molecule has 1 aliphatic rings. The topological polar surface area (TPSA) is 74.7 Å². The monoisotopic (exact) mass is 359 g/mol. The molecular formula is C19H21NO4S. The van der Waals surface area contributed by atoms with Gasteiger partial charge in [0.2, 0.25) is 9.84 Å². The normalized spacial score (nSPS) is 18.8. The largest absolute Gasteiger partial charge is 0.481 e. The molecule has 0 bridgehead atoms. The minimum atomic E-state index is -3.50. The van der Waals surface area contributed by atoms with E-state index in [2.05, 4.69) is 4.90 Å². The van der Waals surface area contributed by atoms with E-state index in [0.717, 1.165) is 24.9 Å². The molecule has 0 amide bonds. The molecule has 1 saturated heterocycles. The summed E-state index contributed by atoms with van der Waals surface area (Å²) < 4.78 is 25.2. The quantitative estimate of drug-likeness (QED) is 0.888. The van der Waals surface area contributed by atoms with Gasteiger partial charge in [-0.2, -0.15) is 0 Å². The van der Waals surface area contributed by atoms with Crippen LogP contribution >= 0.6 is 0 Å². The Kier molecular flexibility index (Phi) is 5.20. The van der Waals surface area contributed by atoms with Crippen LogP contribution in [0.15, 0.2) is 64.4 Å². The maximum Gasteiger partial charge on any atom is 0.307 e. The number of rotatable bonds is 5. The maximum atomic E-state index is 12.6. The predicted octanol–water partition coefficient (Wildman–Crippen LogP) is 2.82. The summed E-state index contributed by atoms with van der Waals surface area (Å²) in [4.78, 5) is 13.8. The Morgan fingerprint density at radius 3 is 2.32 bits per heavy atom. The van der Waals surface area contributed by atoms with Crippen LogP contribution < -0.4 is 0 Å². The number of aliphatic carboxylic acids is 1. The fourth-order valence-corrected chi connectivity index (χ4v) is 4.45. The molecule has 0 saturated carbocycles. The van der Waals surface area contributed by atoms with Gasteiger partial charge in [-0.05, 0) is 49.2 Å². The van der Waals surface area contributed by atoms with Crippen LogP contribution in [0.4, 0.5) is 0 Å². The zero-order valence-electron chi connectivity index (χ0n) is 13.8. The molecule has 1 unspecified atom stereocenters. The maximum absolute atomic E-state index is 12.6. The Labute approximate surface area is 147 Å². The van der Waals surface area contributed by atoms with Gasteiger partial charge in [-0.15, -0.1) is 0 Å². The molecule has 3 rings (SSSR count). The van der Waals surface area contributed by atoms with Crippen LogP contribution in [0.1, 0.15) is 18.4 Å². The Balaban J connectivity index is 1.71. The Morgan fingerprint density at radius 1 is 1.04 bits per heavy atom. The first-order valence-electron chi connectivity index (χ1n) is 8.31. The van der Waals surface area contributed by atoms with Gasteiger partial charge in [-0.25, -0.2) is 8.42 Å². The van der Waals surface area contributed by atoms with E-state index in [0.29, 0.717) is 13.1 Å². The van der Waals surface area contributed by atoms with E-state index in [-0.39, 0.29) is 15.7 Å². The molecule has 1 fully saturated rings. The fourth-order valence-electron chi connectivity index (χ4n) is 3.17. The number of benzene rings is 2. The van der Waals surface area contributed by atoms with E-state index in [1.165, 1.54) is 0 Å². The Bertz CT molecular complexity index is 831. The molecule has 5 nitrogen and oxygen atoms in total. The number of carboxylic acids is 1. The molecule has 132 valence electrons. The highest BCUT2D eigenvalue weighted by Gasteiger charge is 2.25. The summed E-state index contributed by atoms with van der Waals surface area (Å²) in [6.07, 6.45) is 1.59. The van der Waals surface area contributed by atoms with Crippen LogP contribution in [-0.4, -0.2) is 37.5 Å². The highest BCUT2D eigenvalue weighted by molar-refractivity contribution is 7.91. The van der Waals surface area contributed by atoms with Crippen molar-refractivity contribution in [1.29, 1.82) is 0 Å². The lowest BCUT2D eigenvalue weighted by molar-refractivity contribution is -0.143. The number of hydrogen-bond acceptors (Lipinski definition) is 4. The molecule has 1 heterocycles. The predicted molar refractivity (Wildman–Crippen MR) is 94.0 cm³/mol. The van der Waals surface area contributed by atoms with Gasteiger partial charge >= 0.3 is 5.97 Å². The third-order valence-electron chi connectivity index (χ3n) is 4.55. The summed E-state index contributed by atoms with van der Waals surface area (Å²) in [6.45, 7) is 2.04. The second-order valence-corrected chi connectivity index (χ2v) is 8.32. The molecule has 6 heteroatoms. The summed E-state index contributed by atoms with van der Waals surface area (Å²) in [5, 5.41) is 9.16. The summed E-state index contributed by atoms with van der Waals surface area (Å²) in [7, 11) is -3.50. The number of piperidine rings is 1. The van der Waals surface area contributed by atoms with Crippen molar-refractivity contribution in [2.45, 2.75) is 29.2 Å². The smallest absolute Gasteiger partial charge is 0.307 e. The second-order valence-electron chi connectivity index (χ2n) is 6.37. The third-order valence-corrected chi connectivity index (χ3v) is 6.33. The molecule has 0 aliphatic carbocycles. The number of carboxylic acid groups (broad SMARTS) is 1. The van der Waals surface area contributed by atoms with Gasteiger partial charge < -0.3 is 5.11 Å². The lowest BCUT2D eigenvalue weighted by atomic mass is 9.98. The van der Waals surface area contributed by atoms with Crippen molar-refractivity contribution in [2.75, 3.05) is 13.1 Å². The van der Waals surface area contributed by atoms with E-state index in [1.54, 1.807) is 54.6 Å². The first kappa shape index (κ1) is 17.6. The molecule has 1 N–H and O–H groups in total. The summed E-state index contributed by atoms with van der Waals surface area (Å²) in [5.74, 6) is -1.06. The van der Waals surface area contributed by atoms with Crippen LogP contribution in [-0.2, 0) is 21.2 Å². The van der Waals surface area contributed by atoms with Crippen molar-refractivity contribution in [1.82, 2.24) is 4.90 Å². The molecule has 2 aromatic rings. The van der Waals surface area contributed by atoms with E-state index >= 15 is 0 Å². The van der Waals surface area contributed by atoms with Crippen LogP contribution in [0.25, 0.3) is 0 Å². The van der Waals surface area contributed by atoms with Crippen LogP contribution in [0.3, 0.4) is 0 Å². The molecule has 2 aromatic carbocycles. The molecule has 25 heavy (non-hydrogen) atoms. The minimum Gasteiger partial charge on any atom is -0.481 e. The molecule has 0 radical (unpaired) electrons. The standard InChI is InChI=1S/C19H21NO4S/c21-19(22)16-5-4-12-20(14-16)13-15-8-10-18(11-9-15)25(23,24)17-6-2-1-3-7-17/h1-3,6-11,16H,4-5,12-14H2,(H,21,22). The van der Waals surface area contributed by atoms with Gasteiger partial charge in [-0.3, -0.25) is 9.69 Å². The second kappa shape index (κ2) is 7.37. The number of nitrogens with zero attached hydrogens (tertiary/aromatic N) is 1. The van der Waals surface area contributed by atoms with Gasteiger partial charge in [0.15, 0.2) is 0 Å². The number of carbonyl (C=O) groups is 1. The minimum absolute atomic E-state index is 0.268. The average molecular weight is 359 g/mol. The average Bonchev–Trinajstić information content (AvgIpc) is 2.63. The highest BCUT2D eigenvalue weighted by Crippen LogP contribution is 2.22. The summed E-state index contributed by atoms with van der Waals surface area (Å²) in [5.41, 5.74) is 0.984. The molecule has 1 atom stereocenters. The SMILES string of the molecule is O=C(O)C1CCCN(Cc2ccc(S(=O)(=O)c3ccccc3)cc2)C1. The van der Waals surface area contributed by atoms with E-state index in [9.17, 15) is 13.2 Å². The fraction of sp³-hybridized carbons (Fsp3) is 0.316. The number of sulfone groups is 1. The first-order chi connectivity index (χ1) is 12.0. The van der Waals surface area contributed by atoms with Crippen molar-refractivity contribution < 1.29 is 18.3 Å². The number of likely N-dealkylation sites (tertiary alicyclic amines) is 1. The zero-order valence-corrected chi connectivity index (χ0v) is 14.7. The van der Waals surface area contributed by atoms with Gasteiger partial charge in [0.05, 0.1) is 15.7 Å². The molecule has 0 aromatic heterocycles. The lowest BCUT2D eigenvalue weighted by Crippen LogP contribution is -2.38. The summed E-state index contributed by atoms with van der Waals surface area (Å²) >= 11 is 0. The third kappa shape index (κ3) is 4.08.